The van der Waals surface area contributed by atoms with E-state index < -0.39 is 0 Å². The quantitative estimate of drug-likeness (QED) is 0.680. The lowest BCUT2D eigenvalue weighted by Crippen LogP contribution is -2.69. The van der Waals surface area contributed by atoms with E-state index in [2.05, 4.69) is 72.5 Å². The van der Waals surface area contributed by atoms with E-state index in [-0.39, 0.29) is 0 Å². The topological polar surface area (TPSA) is 3.24 Å². The fourth-order valence-corrected chi connectivity index (χ4v) is 5.33. The molecule has 0 heterocycles. The minimum atomic E-state index is 0.513. The first-order valence-electron chi connectivity index (χ1n) is 9.81. The van der Waals surface area contributed by atoms with Crippen LogP contribution in [0.3, 0.4) is 0 Å². The highest BCUT2D eigenvalue weighted by molar-refractivity contribution is 5.73. The predicted octanol–water partition coefficient (Wildman–Crippen LogP) is 5.46. The SMILES string of the molecule is C[C@H](CC1=CCc2ccccc21)N(Cc1ccccc1)C12CC(C1)C2. The van der Waals surface area contributed by atoms with Gasteiger partial charge in [0.15, 0.2) is 0 Å². The van der Waals surface area contributed by atoms with Gasteiger partial charge in [0.05, 0.1) is 0 Å². The maximum atomic E-state index is 2.84. The van der Waals surface area contributed by atoms with Crippen molar-refractivity contribution in [3.05, 3.63) is 77.4 Å². The zero-order valence-corrected chi connectivity index (χ0v) is 15.1. The Bertz CT molecular complexity index is 787. The predicted molar refractivity (Wildman–Crippen MR) is 104 cm³/mol. The summed E-state index contributed by atoms with van der Waals surface area (Å²) in [5.41, 5.74) is 6.53. The van der Waals surface area contributed by atoms with Gasteiger partial charge < -0.3 is 0 Å². The molecule has 0 saturated heterocycles. The van der Waals surface area contributed by atoms with E-state index in [4.69, 9.17) is 0 Å². The normalized spacial score (nSPS) is 27.3. The Morgan fingerprint density at radius 2 is 1.72 bits per heavy atom. The summed E-state index contributed by atoms with van der Waals surface area (Å²) in [7, 11) is 0. The van der Waals surface area contributed by atoms with Crippen molar-refractivity contribution in [3.8, 4) is 0 Å². The van der Waals surface area contributed by atoms with Crippen molar-refractivity contribution < 1.29 is 0 Å². The van der Waals surface area contributed by atoms with E-state index in [0.29, 0.717) is 11.6 Å². The average Bonchev–Trinajstić information content (AvgIpc) is 2.96. The van der Waals surface area contributed by atoms with Crippen LogP contribution in [0.1, 0.15) is 49.3 Å². The summed E-state index contributed by atoms with van der Waals surface area (Å²) in [6.45, 7) is 3.55. The Morgan fingerprint density at radius 3 is 2.44 bits per heavy atom. The van der Waals surface area contributed by atoms with Crippen LogP contribution >= 0.6 is 0 Å². The van der Waals surface area contributed by atoms with E-state index in [1.54, 1.807) is 5.57 Å². The van der Waals surface area contributed by atoms with E-state index in [9.17, 15) is 0 Å². The third kappa shape index (κ3) is 2.57. The van der Waals surface area contributed by atoms with Crippen LogP contribution in [-0.4, -0.2) is 16.5 Å². The monoisotopic (exact) mass is 329 g/mol. The van der Waals surface area contributed by atoms with Crippen molar-refractivity contribution in [2.45, 2.75) is 57.2 Å². The molecule has 1 nitrogen and oxygen atoms in total. The van der Waals surface area contributed by atoms with Crippen LogP contribution in [0, 0.1) is 5.92 Å². The van der Waals surface area contributed by atoms with Crippen molar-refractivity contribution in [3.63, 3.8) is 0 Å². The van der Waals surface area contributed by atoms with Gasteiger partial charge in [0.1, 0.15) is 0 Å². The van der Waals surface area contributed by atoms with E-state index >= 15 is 0 Å². The van der Waals surface area contributed by atoms with Gasteiger partial charge in [-0.1, -0.05) is 60.7 Å². The van der Waals surface area contributed by atoms with Crippen molar-refractivity contribution in [2.75, 3.05) is 0 Å². The molecule has 4 aliphatic rings. The molecule has 2 bridgehead atoms. The number of rotatable bonds is 6. The highest BCUT2D eigenvalue weighted by Gasteiger charge is 2.60. The Kier molecular flexibility index (Phi) is 3.60. The Hall–Kier alpha value is -1.86. The Balaban J connectivity index is 1.36. The number of allylic oxidation sites excluding steroid dienone is 1. The third-order valence-electron chi connectivity index (χ3n) is 6.79. The highest BCUT2D eigenvalue weighted by atomic mass is 15.3. The lowest BCUT2D eigenvalue weighted by Gasteiger charge is -2.68. The molecule has 0 aromatic heterocycles. The van der Waals surface area contributed by atoms with E-state index in [1.807, 2.05) is 0 Å². The molecule has 1 atom stereocenters. The zero-order valence-electron chi connectivity index (χ0n) is 15.1. The van der Waals surface area contributed by atoms with Crippen LogP contribution in [0.2, 0.25) is 0 Å². The van der Waals surface area contributed by atoms with E-state index in [0.717, 1.165) is 18.9 Å². The molecule has 3 saturated carbocycles. The van der Waals surface area contributed by atoms with Gasteiger partial charge in [0, 0.05) is 18.1 Å². The number of hydrogen-bond donors (Lipinski definition) is 0. The van der Waals surface area contributed by atoms with E-state index in [1.165, 1.54) is 42.4 Å². The first-order chi connectivity index (χ1) is 12.2. The summed E-state index contributed by atoms with van der Waals surface area (Å²) >= 11 is 0. The summed E-state index contributed by atoms with van der Waals surface area (Å²) in [5.74, 6) is 1.02. The molecule has 0 unspecified atom stereocenters. The maximum Gasteiger partial charge on any atom is 0.0242 e. The molecule has 0 radical (unpaired) electrons. The molecule has 4 aliphatic carbocycles. The Labute approximate surface area is 151 Å². The highest BCUT2D eigenvalue weighted by Crippen LogP contribution is 2.61. The molecule has 2 aromatic rings. The molecule has 0 aliphatic heterocycles. The summed E-state index contributed by atoms with van der Waals surface area (Å²) in [4.78, 5) is 2.84. The van der Waals surface area contributed by atoms with Crippen LogP contribution < -0.4 is 0 Å². The van der Waals surface area contributed by atoms with Crippen molar-refractivity contribution in [1.29, 1.82) is 0 Å². The largest absolute Gasteiger partial charge is 0.290 e. The van der Waals surface area contributed by atoms with Crippen LogP contribution in [-0.2, 0) is 13.0 Å². The molecule has 25 heavy (non-hydrogen) atoms. The van der Waals surface area contributed by atoms with Crippen molar-refractivity contribution in [2.24, 2.45) is 5.92 Å². The van der Waals surface area contributed by atoms with Crippen molar-refractivity contribution >= 4 is 5.57 Å². The molecular formula is C24H27N. The van der Waals surface area contributed by atoms with Gasteiger partial charge in [-0.3, -0.25) is 4.90 Å². The summed E-state index contributed by atoms with van der Waals surface area (Å²) in [5, 5.41) is 0. The number of hydrogen-bond acceptors (Lipinski definition) is 1. The molecule has 1 heteroatoms. The molecule has 0 spiro atoms. The summed E-state index contributed by atoms with van der Waals surface area (Å²) in [6, 6.07) is 20.6. The minimum absolute atomic E-state index is 0.513. The second-order valence-corrected chi connectivity index (χ2v) is 8.46. The minimum Gasteiger partial charge on any atom is -0.290 e. The second kappa shape index (κ2) is 5.85. The second-order valence-electron chi connectivity index (χ2n) is 8.46. The van der Waals surface area contributed by atoms with Crippen LogP contribution in [0.25, 0.3) is 5.57 Å². The van der Waals surface area contributed by atoms with Crippen LogP contribution in [0.4, 0.5) is 0 Å². The van der Waals surface area contributed by atoms with Crippen molar-refractivity contribution in [1.82, 2.24) is 4.90 Å². The van der Waals surface area contributed by atoms with Gasteiger partial charge >= 0.3 is 0 Å². The molecule has 128 valence electrons. The van der Waals surface area contributed by atoms with Gasteiger partial charge in [-0.05, 0) is 67.2 Å². The molecule has 0 amide bonds. The first kappa shape index (κ1) is 15.4. The number of fused-ring (bicyclic) bond motifs is 1. The van der Waals surface area contributed by atoms with Gasteiger partial charge in [0.25, 0.3) is 0 Å². The van der Waals surface area contributed by atoms with Gasteiger partial charge in [-0.15, -0.1) is 0 Å². The van der Waals surface area contributed by atoms with Crippen LogP contribution in [0.15, 0.2) is 60.7 Å². The van der Waals surface area contributed by atoms with Gasteiger partial charge in [0.2, 0.25) is 0 Å². The van der Waals surface area contributed by atoms with Crippen LogP contribution in [0.5, 0.6) is 0 Å². The molecule has 0 N–H and O–H groups in total. The molecule has 3 fully saturated rings. The lowest BCUT2D eigenvalue weighted by molar-refractivity contribution is -0.162. The third-order valence-corrected chi connectivity index (χ3v) is 6.79. The molecule has 2 aromatic carbocycles. The summed E-state index contributed by atoms with van der Waals surface area (Å²) in [6.07, 6.45) is 9.05. The zero-order chi connectivity index (χ0) is 16.9. The fourth-order valence-electron chi connectivity index (χ4n) is 5.33. The number of benzene rings is 2. The summed E-state index contributed by atoms with van der Waals surface area (Å²) < 4.78 is 0. The fraction of sp³-hybridized carbons (Fsp3) is 0.417. The first-order valence-corrected chi connectivity index (χ1v) is 9.81. The lowest BCUT2D eigenvalue weighted by atomic mass is 9.48. The molecular weight excluding hydrogens is 302 g/mol. The average molecular weight is 329 g/mol. The van der Waals surface area contributed by atoms with Gasteiger partial charge in [-0.2, -0.15) is 0 Å². The Morgan fingerprint density at radius 1 is 1.00 bits per heavy atom. The standard InChI is InChI=1S/C24H27N/c1-18(13-22-12-11-21-9-5-6-10-23(21)22)25(24-14-20(15-24)16-24)17-19-7-3-2-4-8-19/h2-10,12,18,20H,11,13-17H2,1H3/t18-,20?,24?/m1/s1. The van der Waals surface area contributed by atoms with Gasteiger partial charge in [-0.25, -0.2) is 0 Å². The number of nitrogens with zero attached hydrogens (tertiary/aromatic N) is 1. The maximum absolute atomic E-state index is 2.84. The molecule has 6 rings (SSSR count). The smallest absolute Gasteiger partial charge is 0.0242 e.